The molecule has 2 aliphatic heterocycles. The highest BCUT2D eigenvalue weighted by Gasteiger charge is 2.24. The summed E-state index contributed by atoms with van der Waals surface area (Å²) in [5, 5.41) is 10.8. The Morgan fingerprint density at radius 1 is 1.20 bits per heavy atom. The second-order valence-corrected chi connectivity index (χ2v) is 8.52. The molecule has 4 heterocycles. The minimum atomic E-state index is 0.114. The number of hydrogen-bond acceptors (Lipinski definition) is 6. The van der Waals surface area contributed by atoms with E-state index >= 15 is 0 Å². The van der Waals surface area contributed by atoms with E-state index in [1.807, 2.05) is 23.2 Å². The number of nitrogens with one attached hydrogen (secondary N) is 1. The molecule has 1 atom stereocenters. The maximum absolute atomic E-state index is 12.6. The van der Waals surface area contributed by atoms with Crippen molar-refractivity contribution in [3.63, 3.8) is 0 Å². The fraction of sp³-hybridized carbons (Fsp3) is 0.476. The number of aromatic nitrogens is 4. The SMILES string of the molecule is O=C(CSc1nnc(-c2c[nH]c3ccccc23)n1CC1CCCO1)N1CCOCC1. The summed E-state index contributed by atoms with van der Waals surface area (Å²) in [5.74, 6) is 1.27. The van der Waals surface area contributed by atoms with Crippen molar-refractivity contribution < 1.29 is 14.3 Å². The van der Waals surface area contributed by atoms with Gasteiger partial charge in [0, 0.05) is 42.4 Å². The first kappa shape index (κ1) is 19.6. The van der Waals surface area contributed by atoms with Gasteiger partial charge in [-0.05, 0) is 18.9 Å². The van der Waals surface area contributed by atoms with E-state index in [0.29, 0.717) is 38.6 Å². The van der Waals surface area contributed by atoms with E-state index in [9.17, 15) is 4.79 Å². The van der Waals surface area contributed by atoms with Crippen LogP contribution in [-0.4, -0.2) is 75.3 Å². The minimum Gasteiger partial charge on any atom is -0.378 e. The molecule has 0 saturated carbocycles. The van der Waals surface area contributed by atoms with Crippen molar-refractivity contribution >= 4 is 28.6 Å². The molecular weight excluding hydrogens is 402 g/mol. The van der Waals surface area contributed by atoms with Gasteiger partial charge >= 0.3 is 0 Å². The number of aromatic amines is 1. The molecule has 0 bridgehead atoms. The van der Waals surface area contributed by atoms with Gasteiger partial charge in [0.05, 0.1) is 31.6 Å². The Hall–Kier alpha value is -2.36. The molecule has 2 fully saturated rings. The van der Waals surface area contributed by atoms with Crippen molar-refractivity contribution in [3.8, 4) is 11.4 Å². The van der Waals surface area contributed by atoms with Gasteiger partial charge in [-0.2, -0.15) is 0 Å². The molecule has 30 heavy (non-hydrogen) atoms. The second kappa shape index (κ2) is 8.79. The van der Waals surface area contributed by atoms with Crippen LogP contribution in [0, 0.1) is 0 Å². The first-order valence-electron chi connectivity index (χ1n) is 10.4. The van der Waals surface area contributed by atoms with Crippen LogP contribution in [0.3, 0.4) is 0 Å². The monoisotopic (exact) mass is 427 g/mol. The summed E-state index contributed by atoms with van der Waals surface area (Å²) >= 11 is 1.45. The van der Waals surface area contributed by atoms with Gasteiger partial charge < -0.3 is 19.4 Å². The number of fused-ring (bicyclic) bond motifs is 1. The lowest BCUT2D eigenvalue weighted by molar-refractivity contribution is -0.132. The van der Waals surface area contributed by atoms with Crippen LogP contribution < -0.4 is 0 Å². The first-order valence-corrected chi connectivity index (χ1v) is 11.4. The third kappa shape index (κ3) is 3.97. The molecule has 3 aromatic rings. The van der Waals surface area contributed by atoms with Gasteiger partial charge in [0.25, 0.3) is 0 Å². The highest BCUT2D eigenvalue weighted by atomic mass is 32.2. The molecule has 5 rings (SSSR count). The van der Waals surface area contributed by atoms with Crippen molar-refractivity contribution in [3.05, 3.63) is 30.5 Å². The highest BCUT2D eigenvalue weighted by molar-refractivity contribution is 7.99. The summed E-state index contributed by atoms with van der Waals surface area (Å²) in [5.41, 5.74) is 2.08. The van der Waals surface area contributed by atoms with Crippen LogP contribution in [0.1, 0.15) is 12.8 Å². The molecule has 1 N–H and O–H groups in total. The molecule has 158 valence electrons. The van der Waals surface area contributed by atoms with Crippen LogP contribution >= 0.6 is 11.8 Å². The second-order valence-electron chi connectivity index (χ2n) is 7.58. The zero-order valence-corrected chi connectivity index (χ0v) is 17.6. The van der Waals surface area contributed by atoms with Gasteiger partial charge in [-0.15, -0.1) is 10.2 Å². The Labute approximate surface area is 178 Å². The summed E-state index contributed by atoms with van der Waals surface area (Å²) in [4.78, 5) is 17.8. The summed E-state index contributed by atoms with van der Waals surface area (Å²) < 4.78 is 13.3. The number of H-pyrrole nitrogens is 1. The number of benzene rings is 1. The Balaban J connectivity index is 1.41. The van der Waals surface area contributed by atoms with Crippen molar-refractivity contribution in [1.82, 2.24) is 24.6 Å². The summed E-state index contributed by atoms with van der Waals surface area (Å²) in [6, 6.07) is 8.17. The van der Waals surface area contributed by atoms with Crippen LogP contribution in [0.5, 0.6) is 0 Å². The zero-order chi connectivity index (χ0) is 20.3. The molecule has 9 heteroatoms. The van der Waals surface area contributed by atoms with Crippen LogP contribution in [0.2, 0.25) is 0 Å². The maximum atomic E-state index is 12.6. The molecule has 1 amide bonds. The van der Waals surface area contributed by atoms with Crippen LogP contribution in [0.4, 0.5) is 0 Å². The van der Waals surface area contributed by atoms with Gasteiger partial charge in [0.2, 0.25) is 5.91 Å². The average molecular weight is 428 g/mol. The van der Waals surface area contributed by atoms with Gasteiger partial charge in [-0.1, -0.05) is 30.0 Å². The number of morpholine rings is 1. The quantitative estimate of drug-likeness (QED) is 0.609. The number of para-hydroxylation sites is 1. The van der Waals surface area contributed by atoms with Crippen LogP contribution in [0.25, 0.3) is 22.3 Å². The maximum Gasteiger partial charge on any atom is 0.233 e. The molecule has 2 aliphatic rings. The number of rotatable bonds is 6. The van der Waals surface area contributed by atoms with E-state index < -0.39 is 0 Å². The van der Waals surface area contributed by atoms with Crippen molar-refractivity contribution in [2.75, 3.05) is 38.7 Å². The minimum absolute atomic E-state index is 0.114. The van der Waals surface area contributed by atoms with E-state index in [1.165, 1.54) is 11.8 Å². The Kier molecular flexibility index (Phi) is 5.74. The number of thioether (sulfide) groups is 1. The van der Waals surface area contributed by atoms with Gasteiger partial charge in [-0.3, -0.25) is 9.36 Å². The average Bonchev–Trinajstić information content (AvgIpc) is 3.53. The number of ether oxygens (including phenoxy) is 2. The molecule has 1 aromatic carbocycles. The van der Waals surface area contributed by atoms with Gasteiger partial charge in [0.1, 0.15) is 0 Å². The number of carbonyl (C=O) groups is 1. The molecular formula is C21H25N5O3S. The number of amides is 1. The topological polar surface area (TPSA) is 85.3 Å². The largest absolute Gasteiger partial charge is 0.378 e. The number of hydrogen-bond donors (Lipinski definition) is 1. The highest BCUT2D eigenvalue weighted by Crippen LogP contribution is 2.31. The zero-order valence-electron chi connectivity index (χ0n) is 16.7. The third-order valence-electron chi connectivity index (χ3n) is 5.65. The lowest BCUT2D eigenvalue weighted by Crippen LogP contribution is -2.41. The lowest BCUT2D eigenvalue weighted by Gasteiger charge is -2.26. The third-order valence-corrected chi connectivity index (χ3v) is 6.60. The van der Waals surface area contributed by atoms with Crippen molar-refractivity contribution in [2.24, 2.45) is 0 Å². The molecule has 0 spiro atoms. The van der Waals surface area contributed by atoms with Gasteiger partial charge in [0.15, 0.2) is 11.0 Å². The smallest absolute Gasteiger partial charge is 0.233 e. The molecule has 8 nitrogen and oxygen atoms in total. The van der Waals surface area contributed by atoms with E-state index in [-0.39, 0.29) is 12.0 Å². The van der Waals surface area contributed by atoms with E-state index in [2.05, 4.69) is 31.9 Å². The van der Waals surface area contributed by atoms with E-state index in [1.54, 1.807) is 0 Å². The fourth-order valence-corrected chi connectivity index (χ4v) is 4.89. The fourth-order valence-electron chi connectivity index (χ4n) is 4.04. The Morgan fingerprint density at radius 2 is 2.07 bits per heavy atom. The Bertz CT molecular complexity index is 1020. The lowest BCUT2D eigenvalue weighted by atomic mass is 10.1. The summed E-state index contributed by atoms with van der Waals surface area (Å²) in [6.45, 7) is 4.01. The normalized spacial score (nSPS) is 19.6. The van der Waals surface area contributed by atoms with E-state index in [0.717, 1.165) is 46.9 Å². The molecule has 0 aliphatic carbocycles. The van der Waals surface area contributed by atoms with Crippen LogP contribution in [-0.2, 0) is 20.8 Å². The summed E-state index contributed by atoms with van der Waals surface area (Å²) in [7, 11) is 0. The summed E-state index contributed by atoms with van der Waals surface area (Å²) in [6.07, 6.45) is 4.24. The van der Waals surface area contributed by atoms with Crippen molar-refractivity contribution in [1.29, 1.82) is 0 Å². The molecule has 2 aromatic heterocycles. The standard InChI is InChI=1S/C21H25N5O3S/c27-19(25-7-10-28-11-8-25)14-30-21-24-23-20(26(21)13-15-4-3-9-29-15)17-12-22-18-6-2-1-5-16(17)18/h1-2,5-6,12,15,22H,3-4,7-11,13-14H2. The first-order chi connectivity index (χ1) is 14.8. The Morgan fingerprint density at radius 3 is 2.90 bits per heavy atom. The number of carbonyl (C=O) groups excluding carboxylic acids is 1. The van der Waals surface area contributed by atoms with E-state index in [4.69, 9.17) is 9.47 Å². The predicted molar refractivity (Wildman–Crippen MR) is 114 cm³/mol. The molecule has 1 unspecified atom stereocenters. The molecule has 2 saturated heterocycles. The number of nitrogens with zero attached hydrogens (tertiary/aromatic N) is 4. The molecule has 0 radical (unpaired) electrons. The van der Waals surface area contributed by atoms with Crippen LogP contribution in [0.15, 0.2) is 35.6 Å². The van der Waals surface area contributed by atoms with Crippen molar-refractivity contribution in [2.45, 2.75) is 30.6 Å². The van der Waals surface area contributed by atoms with Gasteiger partial charge in [-0.25, -0.2) is 0 Å². The predicted octanol–water partition coefficient (Wildman–Crippen LogP) is 2.56.